The molecule has 4 nitrogen and oxygen atoms in total. The van der Waals surface area contributed by atoms with E-state index in [-0.39, 0.29) is 10.7 Å². The van der Waals surface area contributed by atoms with Crippen LogP contribution in [-0.4, -0.2) is 16.9 Å². The highest BCUT2D eigenvalue weighted by Crippen LogP contribution is 2.22. The molecule has 2 aromatic rings. The largest absolute Gasteiger partial charge is 0.298 e. The number of thiocarbonyl (C=S) groups is 1. The van der Waals surface area contributed by atoms with Gasteiger partial charge in [-0.05, 0) is 47.5 Å². The molecule has 1 aliphatic heterocycles. The fraction of sp³-hybridized carbons (Fsp3) is 0.150. The van der Waals surface area contributed by atoms with Gasteiger partial charge in [0, 0.05) is 0 Å². The number of carbonyl (C=O) groups excluding carboxylic acids is 2. The molecular weight excluding hydrogens is 332 g/mol. The first kappa shape index (κ1) is 17.0. The Morgan fingerprint density at radius 1 is 1.00 bits per heavy atom. The predicted octanol–water partition coefficient (Wildman–Crippen LogP) is 3.64. The summed E-state index contributed by atoms with van der Waals surface area (Å²) in [5, 5.41) is 2.68. The first-order valence-corrected chi connectivity index (χ1v) is 8.44. The van der Waals surface area contributed by atoms with Crippen molar-refractivity contribution in [3.8, 4) is 0 Å². The normalized spacial score (nSPS) is 16.5. The van der Waals surface area contributed by atoms with E-state index in [4.69, 9.17) is 12.2 Å². The van der Waals surface area contributed by atoms with E-state index in [9.17, 15) is 9.59 Å². The van der Waals surface area contributed by atoms with Crippen LogP contribution in [0.5, 0.6) is 0 Å². The predicted molar refractivity (Wildman–Crippen MR) is 103 cm³/mol. The Kier molecular flexibility index (Phi) is 4.76. The number of anilines is 1. The van der Waals surface area contributed by atoms with E-state index < -0.39 is 11.8 Å². The SMILES string of the molecule is CC(C)c1ccc(C=C2C(=O)NC(=S)N(c3ccccc3)C2=O)cc1. The van der Waals surface area contributed by atoms with E-state index in [1.165, 1.54) is 10.5 Å². The Labute approximate surface area is 152 Å². The van der Waals surface area contributed by atoms with Crippen LogP contribution in [0.3, 0.4) is 0 Å². The minimum atomic E-state index is -0.477. The molecule has 1 saturated heterocycles. The number of para-hydroxylation sites is 1. The summed E-state index contributed by atoms with van der Waals surface area (Å²) in [7, 11) is 0. The Morgan fingerprint density at radius 2 is 1.64 bits per heavy atom. The maximum absolute atomic E-state index is 12.8. The number of amides is 2. The second-order valence-electron chi connectivity index (χ2n) is 6.11. The molecule has 25 heavy (non-hydrogen) atoms. The molecule has 1 N–H and O–H groups in total. The zero-order valence-corrected chi connectivity index (χ0v) is 14.8. The number of rotatable bonds is 3. The molecule has 0 aliphatic carbocycles. The summed E-state index contributed by atoms with van der Waals surface area (Å²) < 4.78 is 0. The molecule has 0 radical (unpaired) electrons. The Balaban J connectivity index is 1.96. The van der Waals surface area contributed by atoms with Gasteiger partial charge in [-0.2, -0.15) is 0 Å². The topological polar surface area (TPSA) is 49.4 Å². The molecule has 1 fully saturated rings. The van der Waals surface area contributed by atoms with Gasteiger partial charge < -0.3 is 0 Å². The lowest BCUT2D eigenvalue weighted by molar-refractivity contribution is -0.122. The summed E-state index contributed by atoms with van der Waals surface area (Å²) in [5.41, 5.74) is 2.69. The summed E-state index contributed by atoms with van der Waals surface area (Å²) in [6.45, 7) is 4.23. The minimum Gasteiger partial charge on any atom is -0.298 e. The van der Waals surface area contributed by atoms with Gasteiger partial charge in [0.1, 0.15) is 5.57 Å². The molecule has 2 aromatic carbocycles. The summed E-state index contributed by atoms with van der Waals surface area (Å²) in [6.07, 6.45) is 1.60. The average Bonchev–Trinajstić information content (AvgIpc) is 2.60. The molecular formula is C20H18N2O2S. The van der Waals surface area contributed by atoms with Crippen LogP contribution in [0, 0.1) is 0 Å². The van der Waals surface area contributed by atoms with E-state index in [2.05, 4.69) is 19.2 Å². The highest BCUT2D eigenvalue weighted by atomic mass is 32.1. The first-order valence-electron chi connectivity index (χ1n) is 8.04. The van der Waals surface area contributed by atoms with Gasteiger partial charge in [0.2, 0.25) is 0 Å². The van der Waals surface area contributed by atoms with Gasteiger partial charge >= 0.3 is 0 Å². The summed E-state index contributed by atoms with van der Waals surface area (Å²) in [6, 6.07) is 16.8. The number of benzene rings is 2. The fourth-order valence-electron chi connectivity index (χ4n) is 2.61. The molecule has 3 rings (SSSR count). The quantitative estimate of drug-likeness (QED) is 0.522. The summed E-state index contributed by atoms with van der Waals surface area (Å²) >= 11 is 5.17. The third-order valence-electron chi connectivity index (χ3n) is 4.03. The average molecular weight is 350 g/mol. The lowest BCUT2D eigenvalue weighted by atomic mass is 10.0. The van der Waals surface area contributed by atoms with E-state index >= 15 is 0 Å². The Hall–Kier alpha value is -2.79. The van der Waals surface area contributed by atoms with Crippen molar-refractivity contribution in [1.82, 2.24) is 5.32 Å². The van der Waals surface area contributed by atoms with Gasteiger partial charge in [-0.3, -0.25) is 19.8 Å². The standard InChI is InChI=1S/C20H18N2O2S/c1-13(2)15-10-8-14(9-11-15)12-17-18(23)21-20(25)22(19(17)24)16-6-4-3-5-7-16/h3-13H,1-2H3,(H,21,23,25). The lowest BCUT2D eigenvalue weighted by Gasteiger charge is -2.28. The molecule has 0 unspecified atom stereocenters. The van der Waals surface area contributed by atoms with Crippen molar-refractivity contribution in [2.24, 2.45) is 0 Å². The molecule has 2 amide bonds. The maximum atomic E-state index is 12.8. The number of nitrogens with zero attached hydrogens (tertiary/aromatic N) is 1. The van der Waals surface area contributed by atoms with Crippen LogP contribution < -0.4 is 10.2 Å². The summed E-state index contributed by atoms with van der Waals surface area (Å²) in [5.74, 6) is -0.477. The van der Waals surface area contributed by atoms with Crippen molar-refractivity contribution in [2.45, 2.75) is 19.8 Å². The maximum Gasteiger partial charge on any atom is 0.270 e. The van der Waals surface area contributed by atoms with Crippen molar-refractivity contribution >= 4 is 40.9 Å². The molecule has 5 heteroatoms. The van der Waals surface area contributed by atoms with Gasteiger partial charge in [0.05, 0.1) is 5.69 Å². The minimum absolute atomic E-state index is 0.0646. The molecule has 1 aliphatic rings. The van der Waals surface area contributed by atoms with Gasteiger partial charge in [0.25, 0.3) is 11.8 Å². The van der Waals surface area contributed by atoms with Crippen molar-refractivity contribution < 1.29 is 9.59 Å². The van der Waals surface area contributed by atoms with Crippen molar-refractivity contribution in [3.63, 3.8) is 0 Å². The highest BCUT2D eigenvalue weighted by Gasteiger charge is 2.34. The van der Waals surface area contributed by atoms with Crippen LogP contribution in [0.1, 0.15) is 30.9 Å². The third-order valence-corrected chi connectivity index (χ3v) is 4.31. The van der Waals surface area contributed by atoms with E-state index in [1.807, 2.05) is 42.5 Å². The molecule has 0 aromatic heterocycles. The molecule has 126 valence electrons. The third kappa shape index (κ3) is 3.51. The van der Waals surface area contributed by atoms with Gasteiger partial charge in [-0.1, -0.05) is 56.3 Å². The Morgan fingerprint density at radius 3 is 2.24 bits per heavy atom. The van der Waals surface area contributed by atoms with E-state index in [0.717, 1.165) is 5.56 Å². The highest BCUT2D eigenvalue weighted by molar-refractivity contribution is 7.80. The monoisotopic (exact) mass is 350 g/mol. The molecule has 0 spiro atoms. The second kappa shape index (κ2) is 6.99. The number of carbonyl (C=O) groups is 2. The van der Waals surface area contributed by atoms with Crippen molar-refractivity contribution in [3.05, 3.63) is 71.3 Å². The van der Waals surface area contributed by atoms with Crippen LogP contribution in [0.2, 0.25) is 0 Å². The van der Waals surface area contributed by atoms with Gasteiger partial charge in [-0.25, -0.2) is 0 Å². The van der Waals surface area contributed by atoms with E-state index in [1.54, 1.807) is 18.2 Å². The number of nitrogens with one attached hydrogen (secondary N) is 1. The summed E-state index contributed by atoms with van der Waals surface area (Å²) in [4.78, 5) is 26.4. The van der Waals surface area contributed by atoms with Crippen LogP contribution in [0.25, 0.3) is 6.08 Å². The molecule has 1 heterocycles. The molecule has 0 saturated carbocycles. The van der Waals surface area contributed by atoms with Crippen molar-refractivity contribution in [2.75, 3.05) is 4.90 Å². The molecule has 0 bridgehead atoms. The van der Waals surface area contributed by atoms with Crippen LogP contribution in [0.4, 0.5) is 5.69 Å². The number of hydrogen-bond acceptors (Lipinski definition) is 3. The molecule has 0 atom stereocenters. The van der Waals surface area contributed by atoms with Crippen molar-refractivity contribution in [1.29, 1.82) is 0 Å². The van der Waals surface area contributed by atoms with Gasteiger partial charge in [-0.15, -0.1) is 0 Å². The van der Waals surface area contributed by atoms with Crippen LogP contribution in [-0.2, 0) is 9.59 Å². The van der Waals surface area contributed by atoms with Crippen LogP contribution >= 0.6 is 12.2 Å². The zero-order chi connectivity index (χ0) is 18.0. The first-order chi connectivity index (χ1) is 12.0. The van der Waals surface area contributed by atoms with E-state index in [0.29, 0.717) is 11.6 Å². The lowest BCUT2D eigenvalue weighted by Crippen LogP contribution is -2.54. The number of hydrogen-bond donors (Lipinski definition) is 1. The Bertz CT molecular complexity index is 855. The van der Waals surface area contributed by atoms with Gasteiger partial charge in [0.15, 0.2) is 5.11 Å². The second-order valence-corrected chi connectivity index (χ2v) is 6.50. The zero-order valence-electron chi connectivity index (χ0n) is 14.0. The van der Waals surface area contributed by atoms with Crippen LogP contribution in [0.15, 0.2) is 60.2 Å². The smallest absolute Gasteiger partial charge is 0.270 e. The fourth-order valence-corrected chi connectivity index (χ4v) is 2.89.